The number of benzene rings is 2. The summed E-state index contributed by atoms with van der Waals surface area (Å²) in [4.78, 5) is 12.9. The molecule has 1 atom stereocenters. The number of imidazole rings is 1. The largest absolute Gasteiger partial charge is 0.342 e. The maximum atomic E-state index is 4.78. The molecular weight excluding hydrogens is 426 g/mol. The minimum atomic E-state index is 0.475. The molecule has 1 N–H and O–H groups in total. The molecule has 0 radical (unpaired) electrons. The number of hydrogen-bond acceptors (Lipinski definition) is 2. The predicted octanol–water partition coefficient (Wildman–Crippen LogP) is 9.40. The summed E-state index contributed by atoms with van der Waals surface area (Å²) in [5.41, 5.74) is 7.44. The van der Waals surface area contributed by atoms with Gasteiger partial charge < -0.3 is 4.98 Å². The van der Waals surface area contributed by atoms with Gasteiger partial charge in [0.15, 0.2) is 0 Å². The van der Waals surface area contributed by atoms with Crippen LogP contribution < -0.4 is 0 Å². The Morgan fingerprint density at radius 2 is 1.97 bits per heavy atom. The fraction of sp³-hybridized carbons (Fsp3) is 0.375. The molecule has 1 aromatic heterocycles. The Bertz CT molecular complexity index is 1220. The highest BCUT2D eigenvalue weighted by molar-refractivity contribution is 5.98. The summed E-state index contributed by atoms with van der Waals surface area (Å²) in [6.45, 7) is 14.5. The van der Waals surface area contributed by atoms with Gasteiger partial charge in [-0.2, -0.15) is 0 Å². The normalized spacial score (nSPS) is 13.6. The van der Waals surface area contributed by atoms with Gasteiger partial charge in [-0.1, -0.05) is 62.8 Å². The highest BCUT2D eigenvalue weighted by atomic mass is 14.9. The molecule has 0 bridgehead atoms. The van der Waals surface area contributed by atoms with Gasteiger partial charge >= 0.3 is 0 Å². The van der Waals surface area contributed by atoms with Crippen molar-refractivity contribution in [3.63, 3.8) is 0 Å². The minimum absolute atomic E-state index is 0.475. The first-order valence-corrected chi connectivity index (χ1v) is 13.0. The number of allylic oxidation sites excluding steroid dienone is 4. The monoisotopic (exact) mass is 467 g/mol. The molecule has 184 valence electrons. The second-order valence-electron chi connectivity index (χ2n) is 9.44. The van der Waals surface area contributed by atoms with Crippen LogP contribution >= 0.6 is 0 Å². The molecule has 0 amide bonds. The Hall–Kier alpha value is -3.20. The van der Waals surface area contributed by atoms with E-state index in [-0.39, 0.29) is 0 Å². The van der Waals surface area contributed by atoms with Gasteiger partial charge in [0.05, 0.1) is 11.9 Å². The molecule has 0 saturated heterocycles. The highest BCUT2D eigenvalue weighted by Gasteiger charge is 2.14. The van der Waals surface area contributed by atoms with Gasteiger partial charge in [0.2, 0.25) is 0 Å². The summed E-state index contributed by atoms with van der Waals surface area (Å²) in [6, 6.07) is 11.2. The van der Waals surface area contributed by atoms with E-state index in [0.717, 1.165) is 30.1 Å². The third kappa shape index (κ3) is 6.91. The molecule has 0 aliphatic heterocycles. The molecule has 0 aliphatic rings. The lowest BCUT2D eigenvalue weighted by Crippen LogP contribution is -2.01. The smallest absolute Gasteiger partial charge is 0.109 e. The van der Waals surface area contributed by atoms with Crippen LogP contribution in [0.1, 0.15) is 82.2 Å². The van der Waals surface area contributed by atoms with Crippen LogP contribution in [0, 0.1) is 13.8 Å². The number of unbranched alkanes of at least 4 members (excludes halogenated alkanes) is 2. The second-order valence-corrected chi connectivity index (χ2v) is 9.44. The number of hydrogen-bond donors (Lipinski definition) is 1. The van der Waals surface area contributed by atoms with Crippen molar-refractivity contribution in [1.82, 2.24) is 9.97 Å². The molecular formula is C32H41N3. The average molecular weight is 468 g/mol. The van der Waals surface area contributed by atoms with Crippen molar-refractivity contribution in [2.75, 3.05) is 0 Å². The van der Waals surface area contributed by atoms with Crippen LogP contribution in [0.2, 0.25) is 0 Å². The van der Waals surface area contributed by atoms with Gasteiger partial charge in [0, 0.05) is 23.4 Å². The molecule has 1 heterocycles. The van der Waals surface area contributed by atoms with Crippen molar-refractivity contribution in [3.05, 3.63) is 90.1 Å². The van der Waals surface area contributed by atoms with Crippen LogP contribution in [0.25, 0.3) is 22.0 Å². The molecule has 35 heavy (non-hydrogen) atoms. The van der Waals surface area contributed by atoms with Gasteiger partial charge in [-0.25, -0.2) is 4.98 Å². The van der Waals surface area contributed by atoms with E-state index in [2.05, 4.69) is 87.6 Å². The van der Waals surface area contributed by atoms with Crippen LogP contribution in [0.5, 0.6) is 0 Å². The quantitative estimate of drug-likeness (QED) is 0.161. The van der Waals surface area contributed by atoms with Crippen molar-refractivity contribution in [2.45, 2.75) is 79.1 Å². The topological polar surface area (TPSA) is 41.0 Å². The summed E-state index contributed by atoms with van der Waals surface area (Å²) in [5.74, 6) is 1.59. The number of rotatable bonds is 12. The average Bonchev–Trinajstić information content (AvgIpc) is 3.36. The van der Waals surface area contributed by atoms with E-state index < -0.39 is 0 Å². The fourth-order valence-corrected chi connectivity index (χ4v) is 4.70. The lowest BCUT2D eigenvalue weighted by molar-refractivity contribution is 0.528. The van der Waals surface area contributed by atoms with Crippen molar-refractivity contribution < 1.29 is 0 Å². The lowest BCUT2D eigenvalue weighted by Gasteiger charge is -2.12. The van der Waals surface area contributed by atoms with Crippen LogP contribution in [-0.4, -0.2) is 15.7 Å². The van der Waals surface area contributed by atoms with Gasteiger partial charge in [-0.3, -0.25) is 4.99 Å². The second kappa shape index (κ2) is 13.0. The Labute approximate surface area is 211 Å². The van der Waals surface area contributed by atoms with Crippen LogP contribution in [0.3, 0.4) is 0 Å². The summed E-state index contributed by atoms with van der Waals surface area (Å²) in [6.07, 6.45) is 16.6. The number of fused-ring (bicyclic) bond motifs is 1. The van der Waals surface area contributed by atoms with E-state index >= 15 is 0 Å². The van der Waals surface area contributed by atoms with Crippen molar-refractivity contribution >= 4 is 16.5 Å². The van der Waals surface area contributed by atoms with Crippen molar-refractivity contribution in [2.24, 2.45) is 4.99 Å². The van der Waals surface area contributed by atoms with E-state index in [1.807, 2.05) is 18.5 Å². The molecule has 0 spiro atoms. The number of nitrogens with one attached hydrogen (secondary N) is 1. The highest BCUT2D eigenvalue weighted by Crippen LogP contribution is 2.29. The number of aromatic nitrogens is 2. The predicted molar refractivity (Wildman–Crippen MR) is 153 cm³/mol. The third-order valence-corrected chi connectivity index (χ3v) is 7.15. The number of aryl methyl sites for hydroxylation is 2. The summed E-state index contributed by atoms with van der Waals surface area (Å²) < 4.78 is 0. The summed E-state index contributed by atoms with van der Waals surface area (Å²) in [7, 11) is 0. The third-order valence-electron chi connectivity index (χ3n) is 7.15. The molecule has 3 nitrogen and oxygen atoms in total. The van der Waals surface area contributed by atoms with Gasteiger partial charge in [-0.15, -0.1) is 0 Å². The number of H-pyrrole nitrogens is 1. The minimum Gasteiger partial charge on any atom is -0.342 e. The molecule has 3 aromatic rings. The van der Waals surface area contributed by atoms with Gasteiger partial charge in [0.1, 0.15) is 5.82 Å². The van der Waals surface area contributed by atoms with Crippen LogP contribution in [0.4, 0.5) is 0 Å². The Morgan fingerprint density at radius 1 is 1.14 bits per heavy atom. The Morgan fingerprint density at radius 3 is 2.71 bits per heavy atom. The SMILES string of the molecule is C=C\C=C/N=C(C)/C(=C\C)CCCCCC(CC)c1ncc(-c2ccc3c(C)c(C)ccc3c2)[nH]1. The standard InChI is InChI=1S/C32H41N3/c1-7-10-20-33-25(6)26(8-2)14-12-11-13-15-27(9-3)32-34-22-31(35-32)29-18-19-30-24(5)23(4)16-17-28(30)21-29/h7-8,10,16-22,27H,1,9,11-15H2,2-6H3,(H,34,35)/b20-10-,26-8-,33-25+. The Balaban J connectivity index is 1.56. The van der Waals surface area contributed by atoms with E-state index in [0.29, 0.717) is 5.92 Å². The van der Waals surface area contributed by atoms with E-state index in [1.165, 1.54) is 58.7 Å². The van der Waals surface area contributed by atoms with E-state index in [9.17, 15) is 0 Å². The first-order valence-electron chi connectivity index (χ1n) is 13.0. The summed E-state index contributed by atoms with van der Waals surface area (Å²) in [5, 5.41) is 2.61. The van der Waals surface area contributed by atoms with E-state index in [4.69, 9.17) is 4.98 Å². The van der Waals surface area contributed by atoms with Crippen LogP contribution in [0.15, 0.2) is 78.1 Å². The Kier molecular flexibility index (Phi) is 9.84. The zero-order chi connectivity index (χ0) is 25.2. The molecule has 3 rings (SSSR count). The molecule has 0 aliphatic carbocycles. The molecule has 3 heteroatoms. The van der Waals surface area contributed by atoms with Crippen molar-refractivity contribution in [3.8, 4) is 11.3 Å². The number of aromatic amines is 1. The first-order chi connectivity index (χ1) is 17.0. The maximum absolute atomic E-state index is 4.78. The van der Waals surface area contributed by atoms with Crippen LogP contribution in [-0.2, 0) is 0 Å². The number of nitrogens with zero attached hydrogens (tertiary/aromatic N) is 2. The zero-order valence-corrected chi connectivity index (χ0v) is 22.2. The van der Waals surface area contributed by atoms with Gasteiger partial charge in [0.25, 0.3) is 0 Å². The molecule has 0 fully saturated rings. The molecule has 1 unspecified atom stereocenters. The number of aliphatic imine (C=N–C) groups is 1. The summed E-state index contributed by atoms with van der Waals surface area (Å²) >= 11 is 0. The lowest BCUT2D eigenvalue weighted by atomic mass is 9.96. The molecule has 0 saturated carbocycles. The maximum Gasteiger partial charge on any atom is 0.109 e. The fourth-order valence-electron chi connectivity index (χ4n) is 4.70. The first kappa shape index (κ1) is 26.4. The van der Waals surface area contributed by atoms with Crippen molar-refractivity contribution in [1.29, 1.82) is 0 Å². The zero-order valence-electron chi connectivity index (χ0n) is 22.2. The molecule has 2 aromatic carbocycles. The van der Waals surface area contributed by atoms with Gasteiger partial charge in [-0.05, 0) is 93.0 Å². The van der Waals surface area contributed by atoms with E-state index in [1.54, 1.807) is 6.08 Å².